The summed E-state index contributed by atoms with van der Waals surface area (Å²) in [6.07, 6.45) is 0. The van der Waals surface area contributed by atoms with Crippen molar-refractivity contribution in [2.75, 3.05) is 4.90 Å². The van der Waals surface area contributed by atoms with Gasteiger partial charge in [-0.15, -0.1) is 0 Å². The minimum Gasteiger partial charge on any atom is -0.310 e. The van der Waals surface area contributed by atoms with E-state index in [4.69, 9.17) is 0 Å². The molecule has 8 aromatic rings. The van der Waals surface area contributed by atoms with Gasteiger partial charge in [0.1, 0.15) is 0 Å². The fourth-order valence-electron chi connectivity index (χ4n) is 7.74. The lowest BCUT2D eigenvalue weighted by atomic mass is 9.82. The molecule has 0 saturated heterocycles. The molecule has 1 nitrogen and oxygen atoms in total. The number of anilines is 3. The average Bonchev–Trinajstić information content (AvgIpc) is 3.34. The summed E-state index contributed by atoms with van der Waals surface area (Å²) in [5.41, 5.74) is 11.3. The first-order chi connectivity index (χ1) is 22.6. The third-order valence-electron chi connectivity index (χ3n) is 10.0. The standard InChI is InChI=1S/C45H33N/c1-45(2)41-19-11-10-18-38(41)40-29-35(25-27-42(40)45)46(34-23-20-31(21-24-34)30-12-4-3-5-13-30)43-28-33-15-7-8-16-36(33)39-26-22-32-14-6-9-17-37(32)44(39)43/h3-29H,1-2H3. The number of hydrogen-bond donors (Lipinski definition) is 0. The Morgan fingerprint density at radius 3 is 1.87 bits per heavy atom. The van der Waals surface area contributed by atoms with Crippen LogP contribution in [0.5, 0.6) is 0 Å². The molecular formula is C45H33N. The minimum atomic E-state index is -0.0432. The number of nitrogens with zero attached hydrogens (tertiary/aromatic N) is 1. The van der Waals surface area contributed by atoms with Crippen molar-refractivity contribution in [1.82, 2.24) is 0 Å². The van der Waals surface area contributed by atoms with E-state index in [-0.39, 0.29) is 5.41 Å². The summed E-state index contributed by atoms with van der Waals surface area (Å²) in [4.78, 5) is 2.48. The Morgan fingerprint density at radius 2 is 1.04 bits per heavy atom. The quantitative estimate of drug-likeness (QED) is 0.185. The Balaban J connectivity index is 1.35. The molecule has 0 saturated carbocycles. The molecule has 0 spiro atoms. The molecule has 0 atom stereocenters. The third-order valence-corrected chi connectivity index (χ3v) is 10.0. The zero-order chi connectivity index (χ0) is 30.8. The number of fused-ring (bicyclic) bond motifs is 8. The van der Waals surface area contributed by atoms with Gasteiger partial charge in [0, 0.05) is 22.2 Å². The molecule has 0 N–H and O–H groups in total. The Morgan fingerprint density at radius 1 is 0.413 bits per heavy atom. The van der Waals surface area contributed by atoms with Crippen LogP contribution in [0, 0.1) is 0 Å². The molecule has 8 aromatic carbocycles. The lowest BCUT2D eigenvalue weighted by molar-refractivity contribution is 0.660. The normalized spacial score (nSPS) is 13.2. The van der Waals surface area contributed by atoms with Gasteiger partial charge in [-0.1, -0.05) is 147 Å². The van der Waals surface area contributed by atoms with Crippen molar-refractivity contribution in [2.24, 2.45) is 0 Å². The Labute approximate surface area is 270 Å². The molecule has 0 aliphatic heterocycles. The van der Waals surface area contributed by atoms with E-state index in [1.165, 1.54) is 71.4 Å². The highest BCUT2D eigenvalue weighted by atomic mass is 15.1. The van der Waals surface area contributed by atoms with Gasteiger partial charge in [0.2, 0.25) is 0 Å². The molecule has 0 aromatic heterocycles. The number of hydrogen-bond acceptors (Lipinski definition) is 1. The summed E-state index contributed by atoms with van der Waals surface area (Å²) in [5, 5.41) is 7.56. The predicted octanol–water partition coefficient (Wildman–Crippen LogP) is 12.6. The van der Waals surface area contributed by atoms with Crippen molar-refractivity contribution < 1.29 is 0 Å². The lowest BCUT2D eigenvalue weighted by Crippen LogP contribution is -2.15. The molecule has 1 aliphatic rings. The van der Waals surface area contributed by atoms with Crippen molar-refractivity contribution in [2.45, 2.75) is 19.3 Å². The van der Waals surface area contributed by atoms with E-state index in [0.717, 1.165) is 11.4 Å². The second-order valence-corrected chi connectivity index (χ2v) is 13.0. The van der Waals surface area contributed by atoms with E-state index in [0.29, 0.717) is 0 Å². The van der Waals surface area contributed by atoms with Crippen molar-refractivity contribution in [3.05, 3.63) is 175 Å². The predicted molar refractivity (Wildman–Crippen MR) is 197 cm³/mol. The van der Waals surface area contributed by atoms with Gasteiger partial charge < -0.3 is 4.90 Å². The van der Waals surface area contributed by atoms with E-state index >= 15 is 0 Å². The minimum absolute atomic E-state index is 0.0432. The number of rotatable bonds is 4. The molecule has 0 heterocycles. The molecule has 9 rings (SSSR count). The molecule has 1 heteroatoms. The Bertz CT molecular complexity index is 2430. The molecule has 0 bridgehead atoms. The summed E-state index contributed by atoms with van der Waals surface area (Å²) < 4.78 is 0. The summed E-state index contributed by atoms with van der Waals surface area (Å²) in [6.45, 7) is 4.70. The van der Waals surface area contributed by atoms with Gasteiger partial charge in [-0.05, 0) is 90.6 Å². The van der Waals surface area contributed by atoms with E-state index in [2.05, 4.69) is 183 Å². The van der Waals surface area contributed by atoms with Crippen LogP contribution < -0.4 is 4.90 Å². The second-order valence-electron chi connectivity index (χ2n) is 13.0. The highest BCUT2D eigenvalue weighted by molar-refractivity contribution is 6.23. The molecular weight excluding hydrogens is 555 g/mol. The van der Waals surface area contributed by atoms with E-state index < -0.39 is 0 Å². The first-order valence-electron chi connectivity index (χ1n) is 16.1. The number of benzene rings is 8. The van der Waals surface area contributed by atoms with Crippen LogP contribution in [0.3, 0.4) is 0 Å². The van der Waals surface area contributed by atoms with Crippen molar-refractivity contribution >= 4 is 49.4 Å². The van der Waals surface area contributed by atoms with Crippen LogP contribution in [0.2, 0.25) is 0 Å². The highest BCUT2D eigenvalue weighted by Crippen LogP contribution is 2.51. The van der Waals surface area contributed by atoms with Crippen LogP contribution in [-0.2, 0) is 5.41 Å². The third kappa shape index (κ3) is 4.02. The second kappa shape index (κ2) is 10.2. The van der Waals surface area contributed by atoms with Crippen molar-refractivity contribution in [3.63, 3.8) is 0 Å². The lowest BCUT2D eigenvalue weighted by Gasteiger charge is -2.29. The maximum absolute atomic E-state index is 2.48. The van der Waals surface area contributed by atoms with Crippen LogP contribution in [0.15, 0.2) is 164 Å². The van der Waals surface area contributed by atoms with Crippen LogP contribution in [0.4, 0.5) is 17.1 Å². The molecule has 0 fully saturated rings. The van der Waals surface area contributed by atoms with Crippen LogP contribution >= 0.6 is 0 Å². The summed E-state index contributed by atoms with van der Waals surface area (Å²) in [5.74, 6) is 0. The topological polar surface area (TPSA) is 3.24 Å². The van der Waals surface area contributed by atoms with Gasteiger partial charge in [0.15, 0.2) is 0 Å². The van der Waals surface area contributed by atoms with E-state index in [1.807, 2.05) is 0 Å². The molecule has 0 radical (unpaired) electrons. The SMILES string of the molecule is CC1(C)c2ccccc2-c2cc(N(c3ccc(-c4ccccc4)cc3)c3cc4ccccc4c4ccc5ccccc5c34)ccc21. The Kier molecular flexibility index (Phi) is 5.92. The van der Waals surface area contributed by atoms with Gasteiger partial charge >= 0.3 is 0 Å². The fraction of sp³-hybridized carbons (Fsp3) is 0.0667. The van der Waals surface area contributed by atoms with Gasteiger partial charge in [-0.25, -0.2) is 0 Å². The van der Waals surface area contributed by atoms with E-state index in [1.54, 1.807) is 0 Å². The molecule has 0 unspecified atom stereocenters. The largest absolute Gasteiger partial charge is 0.310 e. The summed E-state index contributed by atoms with van der Waals surface area (Å²) in [6, 6.07) is 60.2. The van der Waals surface area contributed by atoms with Crippen molar-refractivity contribution in [3.8, 4) is 22.3 Å². The van der Waals surface area contributed by atoms with Crippen LogP contribution in [0.25, 0.3) is 54.6 Å². The monoisotopic (exact) mass is 587 g/mol. The smallest absolute Gasteiger partial charge is 0.0552 e. The Hall–Kier alpha value is -5.66. The van der Waals surface area contributed by atoms with Crippen LogP contribution in [0.1, 0.15) is 25.0 Å². The molecule has 218 valence electrons. The van der Waals surface area contributed by atoms with Gasteiger partial charge in [-0.3, -0.25) is 0 Å². The zero-order valence-corrected chi connectivity index (χ0v) is 26.0. The van der Waals surface area contributed by atoms with E-state index in [9.17, 15) is 0 Å². The van der Waals surface area contributed by atoms with Gasteiger partial charge in [0.05, 0.1) is 5.69 Å². The van der Waals surface area contributed by atoms with Crippen LogP contribution in [-0.4, -0.2) is 0 Å². The van der Waals surface area contributed by atoms with Gasteiger partial charge in [-0.2, -0.15) is 0 Å². The molecule has 46 heavy (non-hydrogen) atoms. The first-order valence-corrected chi connectivity index (χ1v) is 16.1. The maximum Gasteiger partial charge on any atom is 0.0552 e. The average molecular weight is 588 g/mol. The van der Waals surface area contributed by atoms with Crippen molar-refractivity contribution in [1.29, 1.82) is 0 Å². The van der Waals surface area contributed by atoms with Gasteiger partial charge in [0.25, 0.3) is 0 Å². The molecule has 0 amide bonds. The first kappa shape index (κ1) is 26.7. The maximum atomic E-state index is 2.48. The fourth-order valence-corrected chi connectivity index (χ4v) is 7.74. The summed E-state index contributed by atoms with van der Waals surface area (Å²) in [7, 11) is 0. The summed E-state index contributed by atoms with van der Waals surface area (Å²) >= 11 is 0. The highest BCUT2D eigenvalue weighted by Gasteiger charge is 2.35. The molecule has 1 aliphatic carbocycles. The zero-order valence-electron chi connectivity index (χ0n) is 26.0.